The van der Waals surface area contributed by atoms with Crippen molar-refractivity contribution in [3.05, 3.63) is 35.9 Å². The average Bonchev–Trinajstić information content (AvgIpc) is 2.46. The Morgan fingerprint density at radius 3 is 2.68 bits per heavy atom. The molecule has 0 radical (unpaired) electrons. The molecule has 0 amide bonds. The zero-order valence-corrected chi connectivity index (χ0v) is 12.8. The fraction of sp³-hybridized carbons (Fsp3) is 0.600. The molecule has 1 aromatic carbocycles. The maximum absolute atomic E-state index is 9.99. The van der Waals surface area contributed by atoms with Gasteiger partial charge < -0.3 is 9.84 Å². The van der Waals surface area contributed by atoms with Gasteiger partial charge in [-0.15, -0.1) is 23.5 Å². The van der Waals surface area contributed by atoms with Crippen molar-refractivity contribution < 1.29 is 9.84 Å². The third-order valence-corrected chi connectivity index (χ3v) is 6.06. The molecule has 1 saturated heterocycles. The second-order valence-electron chi connectivity index (χ2n) is 4.74. The average molecular weight is 298 g/mol. The number of thioether (sulfide) groups is 2. The van der Waals surface area contributed by atoms with Gasteiger partial charge in [0.05, 0.1) is 17.3 Å². The monoisotopic (exact) mass is 298 g/mol. The van der Waals surface area contributed by atoms with E-state index in [2.05, 4.69) is 12.1 Å². The highest BCUT2D eigenvalue weighted by Gasteiger charge is 2.18. The molecule has 1 heterocycles. The van der Waals surface area contributed by atoms with Gasteiger partial charge in [-0.25, -0.2) is 0 Å². The minimum absolute atomic E-state index is 0.223. The molecule has 0 spiro atoms. The summed E-state index contributed by atoms with van der Waals surface area (Å²) in [4.78, 5) is 0. The minimum atomic E-state index is -0.223. The summed E-state index contributed by atoms with van der Waals surface area (Å²) in [5.74, 6) is 2.49. The summed E-state index contributed by atoms with van der Waals surface area (Å²) in [6.45, 7) is 1.28. The molecule has 0 aliphatic carbocycles. The highest BCUT2D eigenvalue weighted by atomic mass is 32.2. The van der Waals surface area contributed by atoms with Crippen molar-refractivity contribution in [1.29, 1.82) is 0 Å². The maximum Gasteiger partial charge on any atom is 0.0716 e. The Kier molecular flexibility index (Phi) is 7.14. The van der Waals surface area contributed by atoms with Crippen molar-refractivity contribution in [2.45, 2.75) is 36.6 Å². The van der Waals surface area contributed by atoms with Gasteiger partial charge >= 0.3 is 0 Å². The first-order valence-electron chi connectivity index (χ1n) is 6.87. The van der Waals surface area contributed by atoms with Gasteiger partial charge in [0.25, 0.3) is 0 Å². The lowest BCUT2D eigenvalue weighted by molar-refractivity contribution is 0.0718. The van der Waals surface area contributed by atoms with Crippen molar-refractivity contribution in [2.24, 2.45) is 0 Å². The van der Waals surface area contributed by atoms with Crippen LogP contribution in [-0.2, 0) is 11.3 Å². The molecule has 1 atom stereocenters. The predicted octanol–water partition coefficient (Wildman–Crippen LogP) is 3.54. The van der Waals surface area contributed by atoms with E-state index in [-0.39, 0.29) is 6.10 Å². The Hall–Kier alpha value is -0.160. The molecule has 4 heteroatoms. The zero-order valence-electron chi connectivity index (χ0n) is 11.2. The lowest BCUT2D eigenvalue weighted by Gasteiger charge is -2.23. The second-order valence-corrected chi connectivity index (χ2v) is 7.66. The standard InChI is InChI=1S/C15H22O2S2/c16-14(11-15-18-9-4-10-19-15)7-8-17-12-13-5-2-1-3-6-13/h1-3,5-6,14-16H,4,7-12H2/t14-/m0/s1. The van der Waals surface area contributed by atoms with E-state index < -0.39 is 0 Å². The molecule has 0 bridgehead atoms. The summed E-state index contributed by atoms with van der Waals surface area (Å²) in [6, 6.07) is 10.2. The van der Waals surface area contributed by atoms with E-state index in [0.29, 0.717) is 17.8 Å². The second kappa shape index (κ2) is 8.90. The molecular weight excluding hydrogens is 276 g/mol. The Labute approximate surface area is 124 Å². The largest absolute Gasteiger partial charge is 0.393 e. The summed E-state index contributed by atoms with van der Waals surface area (Å²) < 4.78 is 6.19. The number of hydrogen-bond acceptors (Lipinski definition) is 4. The normalized spacial score (nSPS) is 18.4. The van der Waals surface area contributed by atoms with E-state index >= 15 is 0 Å². The van der Waals surface area contributed by atoms with Gasteiger partial charge in [-0.05, 0) is 36.3 Å². The lowest BCUT2D eigenvalue weighted by Crippen LogP contribution is -2.18. The Morgan fingerprint density at radius 1 is 1.21 bits per heavy atom. The van der Waals surface area contributed by atoms with Crippen LogP contribution in [0.5, 0.6) is 0 Å². The van der Waals surface area contributed by atoms with Crippen LogP contribution in [0.4, 0.5) is 0 Å². The topological polar surface area (TPSA) is 29.5 Å². The van der Waals surface area contributed by atoms with Crippen molar-refractivity contribution in [3.63, 3.8) is 0 Å². The van der Waals surface area contributed by atoms with Crippen LogP contribution in [0.25, 0.3) is 0 Å². The first-order valence-corrected chi connectivity index (χ1v) is 8.97. The molecule has 1 aliphatic rings. The maximum atomic E-state index is 9.99. The summed E-state index contributed by atoms with van der Waals surface area (Å²) >= 11 is 3.98. The van der Waals surface area contributed by atoms with Crippen LogP contribution in [-0.4, -0.2) is 33.9 Å². The van der Waals surface area contributed by atoms with E-state index in [0.717, 1.165) is 12.8 Å². The number of ether oxygens (including phenoxy) is 1. The summed E-state index contributed by atoms with van der Waals surface area (Å²) in [6.07, 6.45) is 2.72. The molecule has 106 valence electrons. The van der Waals surface area contributed by atoms with Crippen LogP contribution in [0.2, 0.25) is 0 Å². The number of rotatable bonds is 7. The number of aliphatic hydroxyl groups excluding tert-OH is 1. The molecule has 2 rings (SSSR count). The molecule has 2 nitrogen and oxygen atoms in total. The van der Waals surface area contributed by atoms with Gasteiger partial charge in [-0.2, -0.15) is 0 Å². The van der Waals surface area contributed by atoms with Gasteiger partial charge in [-0.1, -0.05) is 30.3 Å². The minimum Gasteiger partial charge on any atom is -0.393 e. The SMILES string of the molecule is O[C@@H](CCOCc1ccccc1)CC1SCCCS1. The third kappa shape index (κ3) is 6.21. The van der Waals surface area contributed by atoms with Crippen molar-refractivity contribution in [2.75, 3.05) is 18.1 Å². The number of benzene rings is 1. The van der Waals surface area contributed by atoms with Crippen LogP contribution in [0.3, 0.4) is 0 Å². The van der Waals surface area contributed by atoms with Gasteiger partial charge in [0.15, 0.2) is 0 Å². The van der Waals surface area contributed by atoms with Crippen molar-refractivity contribution >= 4 is 23.5 Å². The smallest absolute Gasteiger partial charge is 0.0716 e. The lowest BCUT2D eigenvalue weighted by atomic mass is 10.2. The van der Waals surface area contributed by atoms with Crippen molar-refractivity contribution in [3.8, 4) is 0 Å². The Morgan fingerprint density at radius 2 is 1.95 bits per heavy atom. The van der Waals surface area contributed by atoms with Crippen molar-refractivity contribution in [1.82, 2.24) is 0 Å². The van der Waals surface area contributed by atoms with E-state index in [1.165, 1.54) is 23.5 Å². The fourth-order valence-corrected chi connectivity index (χ4v) is 5.01. The van der Waals surface area contributed by atoms with E-state index in [9.17, 15) is 5.11 Å². The molecule has 0 unspecified atom stereocenters. The number of aliphatic hydroxyl groups is 1. The third-order valence-electron chi connectivity index (χ3n) is 3.07. The van der Waals surface area contributed by atoms with Gasteiger partial charge in [-0.3, -0.25) is 0 Å². The van der Waals surface area contributed by atoms with Gasteiger partial charge in [0.1, 0.15) is 0 Å². The highest BCUT2D eigenvalue weighted by Crippen LogP contribution is 2.33. The molecule has 1 N–H and O–H groups in total. The molecular formula is C15H22O2S2. The molecule has 1 aromatic rings. The van der Waals surface area contributed by atoms with Crippen LogP contribution in [0.1, 0.15) is 24.8 Å². The summed E-state index contributed by atoms with van der Waals surface area (Å²) in [7, 11) is 0. The highest BCUT2D eigenvalue weighted by molar-refractivity contribution is 8.17. The zero-order chi connectivity index (χ0) is 13.3. The van der Waals surface area contributed by atoms with Crippen LogP contribution in [0, 0.1) is 0 Å². The Bertz CT molecular complexity index is 339. The molecule has 1 aliphatic heterocycles. The predicted molar refractivity (Wildman–Crippen MR) is 84.7 cm³/mol. The number of hydrogen-bond donors (Lipinski definition) is 1. The first-order chi connectivity index (χ1) is 9.34. The van der Waals surface area contributed by atoms with Crippen LogP contribution >= 0.6 is 23.5 Å². The van der Waals surface area contributed by atoms with E-state index in [1.807, 2.05) is 41.7 Å². The molecule has 0 saturated carbocycles. The van der Waals surface area contributed by atoms with Gasteiger partial charge in [0.2, 0.25) is 0 Å². The summed E-state index contributed by atoms with van der Waals surface area (Å²) in [5.41, 5.74) is 1.19. The first kappa shape index (κ1) is 15.2. The fourth-order valence-electron chi connectivity index (χ4n) is 2.00. The molecule has 0 aromatic heterocycles. The molecule has 1 fully saturated rings. The van der Waals surface area contributed by atoms with Crippen LogP contribution in [0.15, 0.2) is 30.3 Å². The van der Waals surface area contributed by atoms with Crippen LogP contribution < -0.4 is 0 Å². The Balaban J connectivity index is 1.55. The summed E-state index contributed by atoms with van der Waals surface area (Å²) in [5, 5.41) is 9.99. The van der Waals surface area contributed by atoms with E-state index in [1.54, 1.807) is 0 Å². The van der Waals surface area contributed by atoms with Gasteiger partial charge in [0, 0.05) is 6.61 Å². The molecule has 19 heavy (non-hydrogen) atoms. The van der Waals surface area contributed by atoms with E-state index in [4.69, 9.17) is 4.74 Å². The quantitative estimate of drug-likeness (QED) is 0.780.